The highest BCUT2D eigenvalue weighted by Gasteiger charge is 2.19. The molecule has 0 aliphatic carbocycles. The first-order valence-electron chi connectivity index (χ1n) is 8.87. The topological polar surface area (TPSA) is 74.3 Å². The summed E-state index contributed by atoms with van der Waals surface area (Å²) < 4.78 is 11.9. The van der Waals surface area contributed by atoms with Crippen molar-refractivity contribution in [2.75, 3.05) is 6.61 Å². The van der Waals surface area contributed by atoms with E-state index in [9.17, 15) is 9.59 Å². The quantitative estimate of drug-likeness (QED) is 0.473. The van der Waals surface area contributed by atoms with Crippen molar-refractivity contribution in [1.29, 1.82) is 0 Å². The maximum absolute atomic E-state index is 13.1. The van der Waals surface area contributed by atoms with Crippen molar-refractivity contribution in [3.8, 4) is 10.4 Å². The lowest BCUT2D eigenvalue weighted by atomic mass is 10.1. The molecule has 6 nitrogen and oxygen atoms in total. The number of fused-ring (bicyclic) bond motifs is 1. The molecule has 7 heteroatoms. The average Bonchev–Trinajstić information content (AvgIpc) is 3.30. The van der Waals surface area contributed by atoms with Gasteiger partial charge in [-0.3, -0.25) is 9.36 Å². The summed E-state index contributed by atoms with van der Waals surface area (Å²) in [4.78, 5) is 31.3. The van der Waals surface area contributed by atoms with Gasteiger partial charge in [-0.25, -0.2) is 9.78 Å². The molecule has 0 aliphatic heterocycles. The molecular formula is C21H18N2O4S. The molecule has 142 valence electrons. The molecule has 0 unspecified atom stereocenters. The second kappa shape index (κ2) is 7.44. The lowest BCUT2D eigenvalue weighted by Crippen LogP contribution is -2.22. The summed E-state index contributed by atoms with van der Waals surface area (Å²) in [6.45, 7) is 4.06. The molecular weight excluding hydrogens is 376 g/mol. The first-order valence-corrected chi connectivity index (χ1v) is 9.69. The highest BCUT2D eigenvalue weighted by atomic mass is 32.1. The Labute approximate surface area is 165 Å². The van der Waals surface area contributed by atoms with Crippen LogP contribution in [0, 0.1) is 6.92 Å². The van der Waals surface area contributed by atoms with Crippen molar-refractivity contribution in [2.24, 2.45) is 0 Å². The molecule has 0 radical (unpaired) electrons. The van der Waals surface area contributed by atoms with Gasteiger partial charge in [-0.15, -0.1) is 11.3 Å². The highest BCUT2D eigenvalue weighted by molar-refractivity contribution is 7.22. The molecule has 0 aliphatic rings. The lowest BCUT2D eigenvalue weighted by Gasteiger charge is -2.06. The van der Waals surface area contributed by atoms with Crippen molar-refractivity contribution in [2.45, 2.75) is 20.4 Å². The Balaban J connectivity index is 1.76. The molecule has 3 aromatic heterocycles. The standard InChI is InChI=1S/C21H18N2O4S/c1-3-26-21(25)15-9-10-27-16(15)11-23-12-22-19-17(20(23)24)13(2)18(28-19)14-7-5-4-6-8-14/h4-10,12H,3,11H2,1-2H3. The Kier molecular flexibility index (Phi) is 4.83. The number of carbonyl (C=O) groups excluding carboxylic acids is 1. The maximum Gasteiger partial charge on any atom is 0.341 e. The second-order valence-corrected chi connectivity index (χ2v) is 7.26. The third kappa shape index (κ3) is 3.14. The predicted octanol–water partition coefficient (Wildman–Crippen LogP) is 4.25. The first-order chi connectivity index (χ1) is 13.6. The van der Waals surface area contributed by atoms with Gasteiger partial charge in [-0.2, -0.15) is 0 Å². The number of aromatic nitrogens is 2. The fraction of sp³-hybridized carbons (Fsp3) is 0.190. The Morgan fingerprint density at radius 2 is 2.04 bits per heavy atom. The van der Waals surface area contributed by atoms with E-state index in [1.54, 1.807) is 13.0 Å². The summed E-state index contributed by atoms with van der Waals surface area (Å²) in [7, 11) is 0. The number of rotatable bonds is 5. The van der Waals surface area contributed by atoms with Gasteiger partial charge >= 0.3 is 5.97 Å². The number of carbonyl (C=O) groups is 1. The minimum Gasteiger partial charge on any atom is -0.467 e. The molecule has 3 heterocycles. The molecule has 0 atom stereocenters. The molecule has 0 bridgehead atoms. The first kappa shape index (κ1) is 18.2. The molecule has 0 fully saturated rings. The van der Waals surface area contributed by atoms with Gasteiger partial charge in [-0.1, -0.05) is 30.3 Å². The predicted molar refractivity (Wildman–Crippen MR) is 108 cm³/mol. The number of nitrogens with zero attached hydrogens (tertiary/aromatic N) is 2. The minimum atomic E-state index is -0.466. The van der Waals surface area contributed by atoms with Crippen LogP contribution in [0.4, 0.5) is 0 Å². The molecule has 0 saturated heterocycles. The number of aryl methyl sites for hydroxylation is 1. The summed E-state index contributed by atoms with van der Waals surface area (Å²) in [5, 5.41) is 0.593. The van der Waals surface area contributed by atoms with E-state index in [4.69, 9.17) is 9.15 Å². The van der Waals surface area contributed by atoms with Crippen LogP contribution in [-0.4, -0.2) is 22.1 Å². The Hall–Kier alpha value is -3.19. The van der Waals surface area contributed by atoms with Crippen LogP contribution >= 0.6 is 11.3 Å². The zero-order valence-corrected chi connectivity index (χ0v) is 16.3. The van der Waals surface area contributed by atoms with Gasteiger partial charge in [-0.05, 0) is 31.0 Å². The van der Waals surface area contributed by atoms with Crippen molar-refractivity contribution >= 4 is 27.5 Å². The van der Waals surface area contributed by atoms with Crippen LogP contribution in [0.2, 0.25) is 0 Å². The third-order valence-electron chi connectivity index (χ3n) is 4.51. The van der Waals surface area contributed by atoms with E-state index in [2.05, 4.69) is 4.98 Å². The van der Waals surface area contributed by atoms with E-state index >= 15 is 0 Å². The fourth-order valence-electron chi connectivity index (χ4n) is 3.15. The van der Waals surface area contributed by atoms with Crippen LogP contribution in [0.1, 0.15) is 28.6 Å². The Morgan fingerprint density at radius 1 is 1.25 bits per heavy atom. The van der Waals surface area contributed by atoms with Crippen molar-refractivity contribution < 1.29 is 13.9 Å². The highest BCUT2D eigenvalue weighted by Crippen LogP contribution is 2.35. The van der Waals surface area contributed by atoms with Gasteiger partial charge in [0.2, 0.25) is 0 Å². The number of thiophene rings is 1. The van der Waals surface area contributed by atoms with Crippen molar-refractivity contribution in [3.05, 3.63) is 76.2 Å². The van der Waals surface area contributed by atoms with E-state index in [1.165, 1.54) is 28.5 Å². The second-order valence-electron chi connectivity index (χ2n) is 6.26. The summed E-state index contributed by atoms with van der Waals surface area (Å²) in [6.07, 6.45) is 2.91. The maximum atomic E-state index is 13.1. The van der Waals surface area contributed by atoms with Gasteiger partial charge < -0.3 is 9.15 Å². The average molecular weight is 394 g/mol. The largest absolute Gasteiger partial charge is 0.467 e. The van der Waals surface area contributed by atoms with Gasteiger partial charge in [0.15, 0.2) is 0 Å². The Morgan fingerprint density at radius 3 is 2.79 bits per heavy atom. The third-order valence-corrected chi connectivity index (χ3v) is 5.76. The van der Waals surface area contributed by atoms with Gasteiger partial charge in [0.25, 0.3) is 5.56 Å². The number of ether oxygens (including phenoxy) is 1. The Bertz CT molecular complexity index is 1200. The van der Waals surface area contributed by atoms with Gasteiger partial charge in [0, 0.05) is 4.88 Å². The minimum absolute atomic E-state index is 0.110. The van der Waals surface area contributed by atoms with Crippen LogP contribution in [0.3, 0.4) is 0 Å². The van der Waals surface area contributed by atoms with Crippen molar-refractivity contribution in [3.63, 3.8) is 0 Å². The zero-order valence-electron chi connectivity index (χ0n) is 15.5. The molecule has 0 saturated carbocycles. The van der Waals surface area contributed by atoms with Crippen LogP contribution in [0.5, 0.6) is 0 Å². The molecule has 0 amide bonds. The van der Waals surface area contributed by atoms with Crippen molar-refractivity contribution in [1.82, 2.24) is 9.55 Å². The number of benzene rings is 1. The number of hydrogen-bond donors (Lipinski definition) is 0. The number of hydrogen-bond acceptors (Lipinski definition) is 6. The van der Waals surface area contributed by atoms with Crippen LogP contribution in [0.15, 0.2) is 58.2 Å². The lowest BCUT2D eigenvalue weighted by molar-refractivity contribution is 0.0523. The normalized spacial score (nSPS) is 11.1. The molecule has 4 rings (SSSR count). The monoisotopic (exact) mass is 394 g/mol. The van der Waals surface area contributed by atoms with E-state index in [0.717, 1.165) is 16.0 Å². The van der Waals surface area contributed by atoms with Crippen LogP contribution in [-0.2, 0) is 11.3 Å². The number of furan rings is 1. The molecule has 4 aromatic rings. The van der Waals surface area contributed by atoms with Gasteiger partial charge in [0.1, 0.15) is 16.2 Å². The molecule has 1 aromatic carbocycles. The SMILES string of the molecule is CCOC(=O)c1ccoc1Cn1cnc2sc(-c3ccccc3)c(C)c2c1=O. The van der Waals surface area contributed by atoms with Crippen LogP contribution in [0.25, 0.3) is 20.7 Å². The summed E-state index contributed by atoms with van der Waals surface area (Å²) in [5.74, 6) is -0.0933. The summed E-state index contributed by atoms with van der Waals surface area (Å²) >= 11 is 1.50. The van der Waals surface area contributed by atoms with E-state index < -0.39 is 5.97 Å². The molecule has 0 spiro atoms. The summed E-state index contributed by atoms with van der Waals surface area (Å²) in [6, 6.07) is 11.5. The number of esters is 1. The molecule has 0 N–H and O–H groups in total. The molecule has 28 heavy (non-hydrogen) atoms. The smallest absolute Gasteiger partial charge is 0.341 e. The van der Waals surface area contributed by atoms with E-state index in [1.807, 2.05) is 37.3 Å². The van der Waals surface area contributed by atoms with Gasteiger partial charge in [0.05, 0.1) is 31.1 Å². The van der Waals surface area contributed by atoms with E-state index in [0.29, 0.717) is 21.5 Å². The zero-order chi connectivity index (χ0) is 19.7. The van der Waals surface area contributed by atoms with Crippen LogP contribution < -0.4 is 5.56 Å². The van der Waals surface area contributed by atoms with E-state index in [-0.39, 0.29) is 18.7 Å². The summed E-state index contributed by atoms with van der Waals surface area (Å²) in [5.41, 5.74) is 2.13. The fourth-order valence-corrected chi connectivity index (χ4v) is 4.29.